The zero-order chi connectivity index (χ0) is 9.38. The molecule has 0 unspecified atom stereocenters. The lowest BCUT2D eigenvalue weighted by Gasteiger charge is -2.03. The van der Waals surface area contributed by atoms with Crippen molar-refractivity contribution in [3.63, 3.8) is 0 Å². The average molecular weight is 187 g/mol. The van der Waals surface area contributed by atoms with Crippen LogP contribution in [0, 0.1) is 5.92 Å². The van der Waals surface area contributed by atoms with Gasteiger partial charge in [0.2, 0.25) is 5.95 Å². The third kappa shape index (κ3) is 1.35. The number of fused-ring (bicyclic) bond motifs is 1. The summed E-state index contributed by atoms with van der Waals surface area (Å²) in [5.74, 6) is 1.85. The fourth-order valence-electron chi connectivity index (χ4n) is 1.63. The van der Waals surface area contributed by atoms with E-state index in [1.54, 1.807) is 0 Å². The lowest BCUT2D eigenvalue weighted by molar-refractivity contribution is 0.872. The molecule has 72 valence electrons. The second-order valence-electron chi connectivity index (χ2n) is 3.90. The SMILES string of the molecule is c1ccn2c(NCC3CC3)ncc2c1. The second-order valence-corrected chi connectivity index (χ2v) is 3.90. The summed E-state index contributed by atoms with van der Waals surface area (Å²) in [6.07, 6.45) is 6.68. The van der Waals surface area contributed by atoms with Crippen LogP contribution in [-0.2, 0) is 0 Å². The number of imidazole rings is 1. The minimum Gasteiger partial charge on any atom is -0.355 e. The summed E-state index contributed by atoms with van der Waals surface area (Å²) in [6, 6.07) is 6.12. The number of anilines is 1. The summed E-state index contributed by atoms with van der Waals surface area (Å²) >= 11 is 0. The number of nitrogens with one attached hydrogen (secondary N) is 1. The van der Waals surface area contributed by atoms with E-state index in [2.05, 4.69) is 20.8 Å². The molecule has 0 saturated heterocycles. The molecule has 14 heavy (non-hydrogen) atoms. The lowest BCUT2D eigenvalue weighted by atomic mass is 10.4. The van der Waals surface area contributed by atoms with Crippen molar-refractivity contribution in [2.75, 3.05) is 11.9 Å². The predicted molar refractivity (Wildman–Crippen MR) is 56.4 cm³/mol. The van der Waals surface area contributed by atoms with Crippen LogP contribution in [0.4, 0.5) is 5.95 Å². The van der Waals surface area contributed by atoms with E-state index in [-0.39, 0.29) is 0 Å². The largest absolute Gasteiger partial charge is 0.355 e. The average Bonchev–Trinajstić information content (AvgIpc) is 2.96. The molecule has 1 aliphatic carbocycles. The third-order valence-electron chi connectivity index (χ3n) is 2.68. The second kappa shape index (κ2) is 3.01. The highest BCUT2D eigenvalue weighted by Gasteiger charge is 2.21. The first kappa shape index (κ1) is 7.85. The highest BCUT2D eigenvalue weighted by atomic mass is 15.2. The van der Waals surface area contributed by atoms with E-state index in [0.717, 1.165) is 23.9 Å². The van der Waals surface area contributed by atoms with Crippen molar-refractivity contribution in [2.24, 2.45) is 5.92 Å². The molecule has 2 heterocycles. The van der Waals surface area contributed by atoms with E-state index in [1.165, 1.54) is 12.8 Å². The lowest BCUT2D eigenvalue weighted by Crippen LogP contribution is -2.06. The van der Waals surface area contributed by atoms with Gasteiger partial charge in [-0.15, -0.1) is 0 Å². The minimum absolute atomic E-state index is 0.881. The highest BCUT2D eigenvalue weighted by molar-refractivity contribution is 5.51. The van der Waals surface area contributed by atoms with Crippen molar-refractivity contribution in [2.45, 2.75) is 12.8 Å². The van der Waals surface area contributed by atoms with Crippen LogP contribution < -0.4 is 5.32 Å². The van der Waals surface area contributed by atoms with Gasteiger partial charge in [-0.25, -0.2) is 4.98 Å². The molecule has 2 aromatic rings. The maximum atomic E-state index is 4.35. The van der Waals surface area contributed by atoms with Crippen LogP contribution in [0.2, 0.25) is 0 Å². The monoisotopic (exact) mass is 187 g/mol. The predicted octanol–water partition coefficient (Wildman–Crippen LogP) is 2.16. The van der Waals surface area contributed by atoms with Crippen LogP contribution >= 0.6 is 0 Å². The molecular formula is C11H13N3. The Bertz CT molecular complexity index is 442. The van der Waals surface area contributed by atoms with Crippen molar-refractivity contribution in [1.82, 2.24) is 9.38 Å². The molecule has 1 aliphatic rings. The summed E-state index contributed by atoms with van der Waals surface area (Å²) in [6.45, 7) is 1.06. The number of nitrogens with zero attached hydrogens (tertiary/aromatic N) is 2. The van der Waals surface area contributed by atoms with Crippen LogP contribution in [-0.4, -0.2) is 15.9 Å². The molecule has 3 nitrogen and oxygen atoms in total. The van der Waals surface area contributed by atoms with Crippen LogP contribution in [0.25, 0.3) is 5.52 Å². The zero-order valence-corrected chi connectivity index (χ0v) is 7.98. The third-order valence-corrected chi connectivity index (χ3v) is 2.68. The molecule has 0 bridgehead atoms. The van der Waals surface area contributed by atoms with Crippen molar-refractivity contribution in [3.05, 3.63) is 30.6 Å². The van der Waals surface area contributed by atoms with E-state index in [4.69, 9.17) is 0 Å². The molecule has 0 amide bonds. The Morgan fingerprint density at radius 2 is 2.36 bits per heavy atom. The Morgan fingerprint density at radius 1 is 1.43 bits per heavy atom. The topological polar surface area (TPSA) is 29.3 Å². The van der Waals surface area contributed by atoms with Crippen molar-refractivity contribution in [3.8, 4) is 0 Å². The fourth-order valence-corrected chi connectivity index (χ4v) is 1.63. The fraction of sp³-hybridized carbons (Fsp3) is 0.364. The van der Waals surface area contributed by atoms with Crippen LogP contribution in [0.15, 0.2) is 30.6 Å². The summed E-state index contributed by atoms with van der Waals surface area (Å²) in [4.78, 5) is 4.35. The summed E-state index contributed by atoms with van der Waals surface area (Å²) < 4.78 is 2.09. The first-order valence-corrected chi connectivity index (χ1v) is 5.09. The van der Waals surface area contributed by atoms with E-state index < -0.39 is 0 Å². The van der Waals surface area contributed by atoms with Crippen LogP contribution in [0.1, 0.15) is 12.8 Å². The molecular weight excluding hydrogens is 174 g/mol. The van der Waals surface area contributed by atoms with Gasteiger partial charge in [-0.3, -0.25) is 4.40 Å². The van der Waals surface area contributed by atoms with E-state index in [0.29, 0.717) is 0 Å². The van der Waals surface area contributed by atoms with Crippen LogP contribution in [0.5, 0.6) is 0 Å². The van der Waals surface area contributed by atoms with Gasteiger partial charge in [0.15, 0.2) is 0 Å². The van der Waals surface area contributed by atoms with Gasteiger partial charge in [-0.05, 0) is 30.9 Å². The van der Waals surface area contributed by atoms with E-state index in [9.17, 15) is 0 Å². The summed E-state index contributed by atoms with van der Waals surface area (Å²) in [5.41, 5.74) is 1.14. The summed E-state index contributed by atoms with van der Waals surface area (Å²) in [7, 11) is 0. The number of rotatable bonds is 3. The van der Waals surface area contributed by atoms with Crippen molar-refractivity contribution < 1.29 is 0 Å². The molecule has 3 heteroatoms. The highest BCUT2D eigenvalue weighted by Crippen LogP contribution is 2.28. The van der Waals surface area contributed by atoms with Gasteiger partial charge >= 0.3 is 0 Å². The van der Waals surface area contributed by atoms with Gasteiger partial charge in [0.1, 0.15) is 0 Å². The van der Waals surface area contributed by atoms with Gasteiger partial charge in [-0.2, -0.15) is 0 Å². The standard InChI is InChI=1S/C11H13N3/c1-2-6-14-10(3-1)8-13-11(14)12-7-9-4-5-9/h1-3,6,8-9H,4-5,7H2,(H,12,13). The molecule has 1 saturated carbocycles. The molecule has 0 aliphatic heterocycles. The number of pyridine rings is 1. The van der Waals surface area contributed by atoms with Gasteiger partial charge in [0, 0.05) is 12.7 Å². The molecule has 3 rings (SSSR count). The minimum atomic E-state index is 0.881. The normalized spacial score (nSPS) is 16.0. The first-order valence-electron chi connectivity index (χ1n) is 5.09. The number of hydrogen-bond acceptors (Lipinski definition) is 2. The molecule has 0 aromatic carbocycles. The van der Waals surface area contributed by atoms with Crippen LogP contribution in [0.3, 0.4) is 0 Å². The molecule has 0 radical (unpaired) electrons. The molecule has 0 atom stereocenters. The Morgan fingerprint density at radius 3 is 3.21 bits per heavy atom. The van der Waals surface area contributed by atoms with Gasteiger partial charge in [0.25, 0.3) is 0 Å². The Balaban J connectivity index is 1.87. The Hall–Kier alpha value is -1.51. The molecule has 1 N–H and O–H groups in total. The van der Waals surface area contributed by atoms with E-state index >= 15 is 0 Å². The smallest absolute Gasteiger partial charge is 0.207 e. The van der Waals surface area contributed by atoms with Gasteiger partial charge < -0.3 is 5.32 Å². The Labute approximate surface area is 82.8 Å². The summed E-state index contributed by atoms with van der Waals surface area (Å²) in [5, 5.41) is 3.38. The molecule has 2 aromatic heterocycles. The van der Waals surface area contributed by atoms with Crippen molar-refractivity contribution in [1.29, 1.82) is 0 Å². The maximum Gasteiger partial charge on any atom is 0.207 e. The van der Waals surface area contributed by atoms with Gasteiger partial charge in [-0.1, -0.05) is 6.07 Å². The Kier molecular flexibility index (Phi) is 1.69. The van der Waals surface area contributed by atoms with Crippen molar-refractivity contribution >= 4 is 11.5 Å². The molecule has 1 fully saturated rings. The zero-order valence-electron chi connectivity index (χ0n) is 7.98. The quantitative estimate of drug-likeness (QED) is 0.797. The maximum absolute atomic E-state index is 4.35. The first-order chi connectivity index (χ1) is 6.93. The molecule has 0 spiro atoms. The van der Waals surface area contributed by atoms with Gasteiger partial charge in [0.05, 0.1) is 11.7 Å². The van der Waals surface area contributed by atoms with E-state index in [1.807, 2.05) is 24.5 Å². The number of aromatic nitrogens is 2. The number of hydrogen-bond donors (Lipinski definition) is 1.